The lowest BCUT2D eigenvalue weighted by Gasteiger charge is -2.24. The third-order valence-corrected chi connectivity index (χ3v) is 3.26. The van der Waals surface area contributed by atoms with Crippen LogP contribution in [0, 0.1) is 12.8 Å². The number of rotatable bonds is 1. The predicted octanol–water partition coefficient (Wildman–Crippen LogP) is 2.29. The van der Waals surface area contributed by atoms with Gasteiger partial charge in [0.2, 0.25) is 5.91 Å². The second-order valence-electron chi connectivity index (χ2n) is 4.34. The number of carbonyl (C=O) groups excluding carboxylic acids is 1. The summed E-state index contributed by atoms with van der Waals surface area (Å²) in [5, 5.41) is 0. The zero-order valence-electron chi connectivity index (χ0n) is 8.68. The predicted molar refractivity (Wildman–Crippen MR) is 59.7 cm³/mol. The van der Waals surface area contributed by atoms with Crippen molar-refractivity contribution in [2.75, 3.05) is 4.90 Å². The van der Waals surface area contributed by atoms with Gasteiger partial charge in [0, 0.05) is 5.69 Å². The number of anilines is 1. The minimum absolute atomic E-state index is 0.135. The third-order valence-electron chi connectivity index (χ3n) is 3.26. The zero-order valence-corrected chi connectivity index (χ0v) is 8.68. The maximum absolute atomic E-state index is 11.9. The van der Waals surface area contributed by atoms with Crippen molar-refractivity contribution in [3.63, 3.8) is 0 Å². The minimum Gasteiger partial charge on any atom is -0.305 e. The average Bonchev–Trinajstić information content (AvgIpc) is 2.80. The maximum atomic E-state index is 11.9. The molecule has 0 saturated carbocycles. The molecule has 2 aliphatic rings. The van der Waals surface area contributed by atoms with Gasteiger partial charge in [0.25, 0.3) is 0 Å². The number of benzene rings is 1. The highest BCUT2D eigenvalue weighted by Gasteiger charge is 2.41. The SMILES string of the molecule is Cc1ccc(N2C(=O)C3C=CC2C3)cc1. The van der Waals surface area contributed by atoms with Crippen LogP contribution in [0.4, 0.5) is 5.69 Å². The summed E-state index contributed by atoms with van der Waals surface area (Å²) in [6.07, 6.45) is 5.15. The van der Waals surface area contributed by atoms with Gasteiger partial charge in [0.1, 0.15) is 0 Å². The van der Waals surface area contributed by atoms with Crippen molar-refractivity contribution < 1.29 is 4.79 Å². The first-order valence-corrected chi connectivity index (χ1v) is 5.34. The molecular formula is C13H13NO. The molecule has 1 aliphatic heterocycles. The standard InChI is InChI=1S/C13H13NO/c1-9-2-5-11(6-3-9)14-12-7-4-10(8-12)13(14)15/h2-7,10,12H,8H2,1H3. The van der Waals surface area contributed by atoms with E-state index in [1.54, 1.807) is 0 Å². The van der Waals surface area contributed by atoms with Crippen LogP contribution in [0.2, 0.25) is 0 Å². The highest BCUT2D eigenvalue weighted by Crippen LogP contribution is 2.36. The number of nitrogens with zero attached hydrogens (tertiary/aromatic N) is 1. The lowest BCUT2D eigenvalue weighted by Crippen LogP contribution is -2.34. The third kappa shape index (κ3) is 1.21. The summed E-state index contributed by atoms with van der Waals surface area (Å²) in [5.74, 6) is 0.391. The summed E-state index contributed by atoms with van der Waals surface area (Å²) in [6, 6.07) is 8.46. The molecule has 2 unspecified atom stereocenters. The molecular weight excluding hydrogens is 186 g/mol. The van der Waals surface area contributed by atoms with E-state index in [9.17, 15) is 4.79 Å². The van der Waals surface area contributed by atoms with Gasteiger partial charge in [0.05, 0.1) is 12.0 Å². The molecule has 2 nitrogen and oxygen atoms in total. The number of hydrogen-bond acceptors (Lipinski definition) is 1. The van der Waals surface area contributed by atoms with E-state index in [1.807, 2.05) is 23.1 Å². The van der Waals surface area contributed by atoms with E-state index in [2.05, 4.69) is 25.1 Å². The Bertz CT molecular complexity index is 432. The van der Waals surface area contributed by atoms with Gasteiger partial charge in [0.15, 0.2) is 0 Å². The fourth-order valence-corrected chi connectivity index (χ4v) is 2.42. The number of hydrogen-bond donors (Lipinski definition) is 0. The molecule has 2 heteroatoms. The quantitative estimate of drug-likeness (QED) is 0.635. The number of amides is 1. The fourth-order valence-electron chi connectivity index (χ4n) is 2.42. The highest BCUT2D eigenvalue weighted by molar-refractivity contribution is 6.00. The Hall–Kier alpha value is -1.57. The lowest BCUT2D eigenvalue weighted by molar-refractivity contribution is -0.119. The molecule has 2 bridgehead atoms. The average molecular weight is 199 g/mol. The first kappa shape index (κ1) is 8.72. The van der Waals surface area contributed by atoms with Crippen molar-refractivity contribution in [2.45, 2.75) is 19.4 Å². The summed E-state index contributed by atoms with van der Waals surface area (Å²) in [6.45, 7) is 2.06. The molecule has 1 aromatic carbocycles. The molecule has 1 amide bonds. The molecule has 1 aromatic rings. The number of fused-ring (bicyclic) bond motifs is 2. The summed E-state index contributed by atoms with van der Waals surface area (Å²) < 4.78 is 0. The maximum Gasteiger partial charge on any atom is 0.234 e. The second-order valence-corrected chi connectivity index (χ2v) is 4.34. The van der Waals surface area contributed by atoms with Crippen molar-refractivity contribution in [1.82, 2.24) is 0 Å². The van der Waals surface area contributed by atoms with Gasteiger partial charge in [-0.05, 0) is 25.5 Å². The summed E-state index contributed by atoms with van der Waals surface area (Å²) in [4.78, 5) is 13.8. The Labute approximate surface area is 89.2 Å². The zero-order chi connectivity index (χ0) is 10.4. The largest absolute Gasteiger partial charge is 0.305 e. The lowest BCUT2D eigenvalue weighted by atomic mass is 10.1. The van der Waals surface area contributed by atoms with Crippen molar-refractivity contribution >= 4 is 11.6 Å². The Morgan fingerprint density at radius 1 is 1.20 bits per heavy atom. The summed E-state index contributed by atoms with van der Waals surface area (Å²) in [5.41, 5.74) is 2.26. The molecule has 76 valence electrons. The molecule has 0 radical (unpaired) electrons. The van der Waals surface area contributed by atoms with Gasteiger partial charge in [-0.15, -0.1) is 0 Å². The Morgan fingerprint density at radius 2 is 1.93 bits per heavy atom. The Kier molecular flexibility index (Phi) is 1.72. The topological polar surface area (TPSA) is 20.3 Å². The molecule has 0 aromatic heterocycles. The van der Waals surface area contributed by atoms with Crippen LogP contribution in [0.5, 0.6) is 0 Å². The van der Waals surface area contributed by atoms with Crippen LogP contribution in [0.15, 0.2) is 36.4 Å². The van der Waals surface area contributed by atoms with Crippen LogP contribution in [-0.2, 0) is 4.79 Å². The Morgan fingerprint density at radius 3 is 2.53 bits per heavy atom. The molecule has 0 spiro atoms. The van der Waals surface area contributed by atoms with Crippen molar-refractivity contribution in [1.29, 1.82) is 0 Å². The molecule has 2 atom stereocenters. The molecule has 1 aliphatic carbocycles. The summed E-state index contributed by atoms with van der Waals surface area (Å²) in [7, 11) is 0. The molecule has 3 rings (SSSR count). The second kappa shape index (κ2) is 2.96. The molecule has 0 N–H and O–H groups in total. The highest BCUT2D eigenvalue weighted by atomic mass is 16.2. The van der Waals surface area contributed by atoms with E-state index in [0.29, 0.717) is 6.04 Å². The van der Waals surface area contributed by atoms with Crippen LogP contribution < -0.4 is 4.90 Å². The normalized spacial score (nSPS) is 27.8. The van der Waals surface area contributed by atoms with E-state index in [1.165, 1.54) is 5.56 Å². The Balaban J connectivity index is 1.98. The van der Waals surface area contributed by atoms with Gasteiger partial charge < -0.3 is 4.90 Å². The van der Waals surface area contributed by atoms with Crippen LogP contribution in [0.1, 0.15) is 12.0 Å². The van der Waals surface area contributed by atoms with E-state index < -0.39 is 0 Å². The van der Waals surface area contributed by atoms with Gasteiger partial charge in [-0.3, -0.25) is 4.79 Å². The van der Waals surface area contributed by atoms with Gasteiger partial charge in [-0.25, -0.2) is 0 Å². The minimum atomic E-state index is 0.135. The first-order chi connectivity index (χ1) is 7.25. The summed E-state index contributed by atoms with van der Waals surface area (Å²) >= 11 is 0. The van der Waals surface area contributed by atoms with Gasteiger partial charge in [-0.1, -0.05) is 29.8 Å². The van der Waals surface area contributed by atoms with Gasteiger partial charge in [-0.2, -0.15) is 0 Å². The van der Waals surface area contributed by atoms with E-state index >= 15 is 0 Å². The van der Waals surface area contributed by atoms with Crippen molar-refractivity contribution in [3.8, 4) is 0 Å². The monoisotopic (exact) mass is 199 g/mol. The molecule has 1 heterocycles. The fraction of sp³-hybridized carbons (Fsp3) is 0.308. The molecule has 1 fully saturated rings. The molecule has 1 saturated heterocycles. The van der Waals surface area contributed by atoms with Crippen LogP contribution in [0.3, 0.4) is 0 Å². The van der Waals surface area contributed by atoms with E-state index in [0.717, 1.165) is 12.1 Å². The van der Waals surface area contributed by atoms with Crippen molar-refractivity contribution in [3.05, 3.63) is 42.0 Å². The van der Waals surface area contributed by atoms with Crippen molar-refractivity contribution in [2.24, 2.45) is 5.92 Å². The van der Waals surface area contributed by atoms with E-state index in [4.69, 9.17) is 0 Å². The van der Waals surface area contributed by atoms with Crippen LogP contribution in [-0.4, -0.2) is 11.9 Å². The van der Waals surface area contributed by atoms with E-state index in [-0.39, 0.29) is 11.8 Å². The van der Waals surface area contributed by atoms with Crippen LogP contribution in [0.25, 0.3) is 0 Å². The molecule has 15 heavy (non-hydrogen) atoms. The van der Waals surface area contributed by atoms with Crippen LogP contribution >= 0.6 is 0 Å². The number of carbonyl (C=O) groups is 1. The number of aryl methyl sites for hydroxylation is 1. The smallest absolute Gasteiger partial charge is 0.234 e. The first-order valence-electron chi connectivity index (χ1n) is 5.34. The van der Waals surface area contributed by atoms with Gasteiger partial charge >= 0.3 is 0 Å².